The van der Waals surface area contributed by atoms with Crippen LogP contribution in [0.1, 0.15) is 13.3 Å². The Morgan fingerprint density at radius 3 is 1.65 bits per heavy atom. The van der Waals surface area contributed by atoms with E-state index >= 15 is 0 Å². The van der Waals surface area contributed by atoms with Crippen LogP contribution in [0.25, 0.3) is 0 Å². The molecule has 0 saturated carbocycles. The fourth-order valence-electron chi connectivity index (χ4n) is 0.253. The second kappa shape index (κ2) is 24.0. The molecule has 12 heteroatoms. The molecule has 6 nitrogen and oxygen atoms in total. The molecule has 0 radical (unpaired) electrons. The summed E-state index contributed by atoms with van der Waals surface area (Å²) < 4.78 is 18.5. The largest absolute Gasteiger partial charge is 1.00 e. The smallest absolute Gasteiger partial charge is 0.811 e. The van der Waals surface area contributed by atoms with Crippen molar-refractivity contribution < 1.29 is 87.8 Å². The molecular formula is C5H13BrClNa2O6P2+. The van der Waals surface area contributed by atoms with E-state index in [0.29, 0.717) is 11.8 Å². The Balaban J connectivity index is -0.0000000461. The van der Waals surface area contributed by atoms with Crippen LogP contribution in [0.2, 0.25) is 0 Å². The van der Waals surface area contributed by atoms with Gasteiger partial charge in [0.25, 0.3) is 0 Å². The molecule has 0 aromatic rings. The van der Waals surface area contributed by atoms with Crippen LogP contribution in [-0.4, -0.2) is 27.2 Å². The van der Waals surface area contributed by atoms with Crippen molar-refractivity contribution in [2.75, 3.05) is 17.4 Å². The van der Waals surface area contributed by atoms with Crippen LogP contribution in [0.15, 0.2) is 0 Å². The topological polar surface area (TPSA) is 121 Å². The molecule has 0 spiro atoms. The molecule has 0 atom stereocenters. The normalized spacial score (nSPS) is 8.18. The minimum atomic E-state index is -4.21. The Kier molecular flexibility index (Phi) is 45.2. The first-order valence-electron chi connectivity index (χ1n) is 3.69. The summed E-state index contributed by atoms with van der Waals surface area (Å²) in [4.78, 5) is 33.9. The first kappa shape index (κ1) is 32.0. The molecule has 0 fully saturated rings. The van der Waals surface area contributed by atoms with Gasteiger partial charge < -0.3 is 14.4 Å². The van der Waals surface area contributed by atoms with Crippen molar-refractivity contribution in [1.29, 1.82) is 0 Å². The number of hydrogen-bond donors (Lipinski definition) is 2. The summed E-state index contributed by atoms with van der Waals surface area (Å²) in [6, 6.07) is 0. The molecule has 0 aromatic heterocycles. The molecular weight excluding hydrogens is 379 g/mol. The maximum absolute atomic E-state index is 9.84. The predicted octanol–water partition coefficient (Wildman–Crippen LogP) is -5.43. The number of halogens is 2. The SMILES string of the molecule is CCCl.O=P([O-])([O-])CCCBr.O=[P+](O)O.[Na+].[Na+]. The molecule has 0 heterocycles. The van der Waals surface area contributed by atoms with Crippen LogP contribution < -0.4 is 68.9 Å². The molecule has 0 saturated heterocycles. The van der Waals surface area contributed by atoms with Crippen molar-refractivity contribution in [3.05, 3.63) is 0 Å². The van der Waals surface area contributed by atoms with Gasteiger partial charge in [-0.2, -0.15) is 0 Å². The maximum Gasteiger partial charge on any atom is 1.00 e. The minimum absolute atomic E-state index is 0. The zero-order valence-electron chi connectivity index (χ0n) is 10.0. The van der Waals surface area contributed by atoms with Gasteiger partial charge in [0.15, 0.2) is 0 Å². The number of rotatable bonds is 3. The van der Waals surface area contributed by atoms with E-state index in [-0.39, 0.29) is 65.3 Å². The van der Waals surface area contributed by atoms with Gasteiger partial charge in [0.1, 0.15) is 0 Å². The summed E-state index contributed by atoms with van der Waals surface area (Å²) in [6.07, 6.45) is 0.169. The first-order valence-corrected chi connectivity index (χ1v) is 8.24. The molecule has 17 heavy (non-hydrogen) atoms. The molecule has 94 valence electrons. The third-order valence-corrected chi connectivity index (χ3v) is 1.99. The standard InChI is InChI=1S/C3H8BrO3P.C2H5Cl.2Na.HO3P/c4-2-1-3-8(5,6)7;1-2-3;;;1-4(2)3/h1-3H2,(H2,5,6,7);2H2,1H3;;;(H-,1,2,3)/q;;2*+1;/p-1. The van der Waals surface area contributed by atoms with Crippen molar-refractivity contribution in [2.24, 2.45) is 0 Å². The fraction of sp³-hybridized carbons (Fsp3) is 1.00. The van der Waals surface area contributed by atoms with Gasteiger partial charge in [-0.25, -0.2) is 0 Å². The van der Waals surface area contributed by atoms with Gasteiger partial charge >= 0.3 is 67.4 Å². The Morgan fingerprint density at radius 2 is 1.59 bits per heavy atom. The summed E-state index contributed by atoms with van der Waals surface area (Å²) in [5.74, 6) is 0.722. The minimum Gasteiger partial charge on any atom is -0.811 e. The van der Waals surface area contributed by atoms with Gasteiger partial charge in [0, 0.05) is 15.8 Å². The van der Waals surface area contributed by atoms with Gasteiger partial charge in [0.2, 0.25) is 0 Å². The molecule has 0 aliphatic heterocycles. The maximum atomic E-state index is 9.84. The fourth-order valence-corrected chi connectivity index (χ4v) is 1.51. The molecule has 0 aromatic carbocycles. The van der Waals surface area contributed by atoms with Gasteiger partial charge in [-0.15, -0.1) is 21.4 Å². The summed E-state index contributed by atoms with van der Waals surface area (Å²) in [5, 5.41) is 0.571. The Hall–Kier alpha value is 2.94. The third kappa shape index (κ3) is 86.2. The molecule has 0 aliphatic carbocycles. The van der Waals surface area contributed by atoms with E-state index in [4.69, 9.17) is 26.0 Å². The Morgan fingerprint density at radius 1 is 1.35 bits per heavy atom. The predicted molar refractivity (Wildman–Crippen MR) is 59.3 cm³/mol. The van der Waals surface area contributed by atoms with Crippen molar-refractivity contribution >= 4 is 43.4 Å². The summed E-state index contributed by atoms with van der Waals surface area (Å²) in [7, 11) is -7.08. The van der Waals surface area contributed by atoms with E-state index in [1.54, 1.807) is 0 Å². The zero-order valence-corrected chi connectivity index (χ0v) is 18.1. The van der Waals surface area contributed by atoms with Crippen LogP contribution in [0.3, 0.4) is 0 Å². The molecule has 0 unspecified atom stereocenters. The van der Waals surface area contributed by atoms with E-state index in [0.717, 1.165) is 5.88 Å². The number of alkyl halides is 2. The molecule has 0 amide bonds. The van der Waals surface area contributed by atoms with E-state index in [2.05, 4.69) is 15.9 Å². The second-order valence-corrected chi connectivity index (χ2v) is 5.40. The second-order valence-electron chi connectivity index (χ2n) is 1.90. The van der Waals surface area contributed by atoms with Crippen LogP contribution in [-0.2, 0) is 9.13 Å². The quantitative estimate of drug-likeness (QED) is 0.281. The molecule has 2 N–H and O–H groups in total. The van der Waals surface area contributed by atoms with Crippen molar-refractivity contribution in [1.82, 2.24) is 0 Å². The Bertz CT molecular complexity index is 191. The monoisotopic (exact) mass is 391 g/mol. The van der Waals surface area contributed by atoms with E-state index in [1.807, 2.05) is 6.92 Å². The van der Waals surface area contributed by atoms with Crippen LogP contribution in [0.4, 0.5) is 0 Å². The van der Waals surface area contributed by atoms with Gasteiger partial charge in [-0.1, -0.05) is 30.4 Å². The van der Waals surface area contributed by atoms with Crippen LogP contribution in [0, 0.1) is 0 Å². The average molecular weight is 392 g/mol. The summed E-state index contributed by atoms with van der Waals surface area (Å²) >= 11 is 8.00. The number of hydrogen-bond acceptors (Lipinski definition) is 4. The van der Waals surface area contributed by atoms with E-state index in [1.165, 1.54) is 0 Å². The van der Waals surface area contributed by atoms with E-state index < -0.39 is 15.9 Å². The van der Waals surface area contributed by atoms with E-state index in [9.17, 15) is 14.4 Å². The Labute approximate surface area is 160 Å². The molecule has 0 rings (SSSR count). The van der Waals surface area contributed by atoms with Crippen LogP contribution in [0.5, 0.6) is 0 Å². The molecule has 0 aliphatic rings. The van der Waals surface area contributed by atoms with Crippen molar-refractivity contribution in [3.8, 4) is 0 Å². The van der Waals surface area contributed by atoms with Crippen molar-refractivity contribution in [3.63, 3.8) is 0 Å². The van der Waals surface area contributed by atoms with Gasteiger partial charge in [0.05, 0.1) is 0 Å². The third-order valence-electron chi connectivity index (χ3n) is 0.566. The van der Waals surface area contributed by atoms with Gasteiger partial charge in [-0.3, -0.25) is 0 Å². The summed E-state index contributed by atoms with van der Waals surface area (Å²) in [5.41, 5.74) is 0. The summed E-state index contributed by atoms with van der Waals surface area (Å²) in [6.45, 7) is 1.89. The zero-order chi connectivity index (χ0) is 12.9. The van der Waals surface area contributed by atoms with Gasteiger partial charge in [-0.05, 0) is 12.6 Å². The molecule has 0 bridgehead atoms. The first-order chi connectivity index (χ1) is 6.71. The van der Waals surface area contributed by atoms with Crippen LogP contribution >= 0.6 is 43.4 Å². The van der Waals surface area contributed by atoms with Crippen molar-refractivity contribution in [2.45, 2.75) is 13.3 Å². The average Bonchev–Trinajstić information content (AvgIpc) is 2.00.